The summed E-state index contributed by atoms with van der Waals surface area (Å²) in [6.07, 6.45) is 9.69. The molecule has 1 saturated heterocycles. The van der Waals surface area contributed by atoms with Crippen molar-refractivity contribution in [1.82, 2.24) is 5.32 Å². The number of piperidine rings is 1. The van der Waals surface area contributed by atoms with E-state index in [0.717, 1.165) is 25.5 Å². The van der Waals surface area contributed by atoms with Gasteiger partial charge in [0.15, 0.2) is 0 Å². The molecular weight excluding hydrogens is 210 g/mol. The molecule has 1 heterocycles. The van der Waals surface area contributed by atoms with E-state index >= 15 is 0 Å². The topological polar surface area (TPSA) is 29.1 Å². The van der Waals surface area contributed by atoms with Crippen LogP contribution in [0, 0.1) is 0 Å². The molecule has 2 heteroatoms. The smallest absolute Gasteiger partial charge is 0.136 e. The highest BCUT2D eigenvalue weighted by Crippen LogP contribution is 2.15. The molecule has 2 unspecified atom stereocenters. The lowest BCUT2D eigenvalue weighted by atomic mass is 9.97. The molecule has 1 aromatic carbocycles. The highest BCUT2D eigenvalue weighted by Gasteiger charge is 2.18. The third-order valence-corrected chi connectivity index (χ3v) is 3.21. The second kappa shape index (κ2) is 6.36. The van der Waals surface area contributed by atoms with Crippen molar-refractivity contribution in [3.63, 3.8) is 0 Å². The first-order chi connectivity index (χ1) is 8.38. The lowest BCUT2D eigenvalue weighted by molar-refractivity contribution is -0.110. The molecule has 0 aliphatic carbocycles. The predicted molar refractivity (Wildman–Crippen MR) is 70.7 cm³/mol. The van der Waals surface area contributed by atoms with E-state index in [-0.39, 0.29) is 6.04 Å². The average Bonchev–Trinajstić information content (AvgIpc) is 2.40. The molecule has 0 amide bonds. The molecule has 0 aromatic heterocycles. The fraction of sp³-hybridized carbons (Fsp3) is 0.400. The lowest BCUT2D eigenvalue weighted by Gasteiger charge is -2.26. The van der Waals surface area contributed by atoms with Gasteiger partial charge >= 0.3 is 0 Å². The zero-order valence-electron chi connectivity index (χ0n) is 10.0. The van der Waals surface area contributed by atoms with Crippen LogP contribution in [0.4, 0.5) is 0 Å². The van der Waals surface area contributed by atoms with Crippen molar-refractivity contribution in [3.8, 4) is 0 Å². The first kappa shape index (κ1) is 12.1. The van der Waals surface area contributed by atoms with Gasteiger partial charge in [0.2, 0.25) is 0 Å². The first-order valence-electron chi connectivity index (χ1n) is 6.31. The zero-order chi connectivity index (χ0) is 11.9. The largest absolute Gasteiger partial charge is 0.305 e. The van der Waals surface area contributed by atoms with Gasteiger partial charge in [-0.3, -0.25) is 0 Å². The Bertz CT molecular complexity index is 372. The number of carbonyl (C=O) groups excluding carboxylic acids is 1. The van der Waals surface area contributed by atoms with Gasteiger partial charge in [-0.05, 0) is 31.2 Å². The van der Waals surface area contributed by atoms with Crippen molar-refractivity contribution < 1.29 is 4.79 Å². The van der Waals surface area contributed by atoms with Crippen LogP contribution in [0.15, 0.2) is 36.4 Å². The van der Waals surface area contributed by atoms with Crippen molar-refractivity contribution in [3.05, 3.63) is 42.0 Å². The van der Waals surface area contributed by atoms with Crippen LogP contribution in [-0.2, 0) is 4.79 Å². The fourth-order valence-electron chi connectivity index (χ4n) is 2.28. The number of rotatable bonds is 4. The predicted octanol–water partition coefficient (Wildman–Crippen LogP) is 2.80. The second-order valence-electron chi connectivity index (χ2n) is 4.59. The highest BCUT2D eigenvalue weighted by molar-refractivity contribution is 5.57. The SMILES string of the molecule is O=CC1CCCC(CC=Cc2ccccc2)N1. The van der Waals surface area contributed by atoms with Gasteiger partial charge in [0.05, 0.1) is 6.04 Å². The molecule has 0 radical (unpaired) electrons. The summed E-state index contributed by atoms with van der Waals surface area (Å²) >= 11 is 0. The zero-order valence-corrected chi connectivity index (χ0v) is 10.0. The van der Waals surface area contributed by atoms with Gasteiger partial charge in [0, 0.05) is 6.04 Å². The van der Waals surface area contributed by atoms with Gasteiger partial charge < -0.3 is 10.1 Å². The van der Waals surface area contributed by atoms with Crippen LogP contribution in [0.2, 0.25) is 0 Å². The second-order valence-corrected chi connectivity index (χ2v) is 4.59. The van der Waals surface area contributed by atoms with Gasteiger partial charge in [0.25, 0.3) is 0 Å². The standard InChI is InChI=1S/C15H19NO/c17-12-15-11-5-10-14(16-15)9-4-8-13-6-2-1-3-7-13/h1-4,6-8,12,14-16H,5,9-11H2. The average molecular weight is 229 g/mol. The van der Waals surface area contributed by atoms with Crippen LogP contribution in [-0.4, -0.2) is 18.4 Å². The summed E-state index contributed by atoms with van der Waals surface area (Å²) in [5, 5.41) is 3.37. The number of aldehydes is 1. The number of carbonyl (C=O) groups is 1. The van der Waals surface area contributed by atoms with Crippen molar-refractivity contribution in [1.29, 1.82) is 0 Å². The maximum Gasteiger partial charge on any atom is 0.136 e. The molecule has 17 heavy (non-hydrogen) atoms. The van der Waals surface area contributed by atoms with E-state index in [4.69, 9.17) is 0 Å². The summed E-state index contributed by atoms with van der Waals surface area (Å²) in [5.74, 6) is 0. The minimum absolute atomic E-state index is 0.0684. The van der Waals surface area contributed by atoms with Crippen molar-refractivity contribution in [2.24, 2.45) is 0 Å². The number of hydrogen-bond donors (Lipinski definition) is 1. The quantitative estimate of drug-likeness (QED) is 0.804. The van der Waals surface area contributed by atoms with Crippen LogP contribution >= 0.6 is 0 Å². The Kier molecular flexibility index (Phi) is 4.51. The molecule has 1 aromatic rings. The van der Waals surface area contributed by atoms with E-state index in [1.54, 1.807) is 0 Å². The first-order valence-corrected chi connectivity index (χ1v) is 6.31. The van der Waals surface area contributed by atoms with Crippen molar-refractivity contribution in [2.45, 2.75) is 37.8 Å². The Morgan fingerprint density at radius 3 is 2.82 bits per heavy atom. The van der Waals surface area contributed by atoms with E-state index in [0.29, 0.717) is 6.04 Å². The molecule has 2 nitrogen and oxygen atoms in total. The van der Waals surface area contributed by atoms with Crippen LogP contribution < -0.4 is 5.32 Å². The normalized spacial score (nSPS) is 24.9. The van der Waals surface area contributed by atoms with E-state index in [1.807, 2.05) is 18.2 Å². The summed E-state index contributed by atoms with van der Waals surface area (Å²) < 4.78 is 0. The van der Waals surface area contributed by atoms with Crippen LogP contribution in [0.25, 0.3) is 6.08 Å². The molecule has 90 valence electrons. The minimum Gasteiger partial charge on any atom is -0.305 e. The van der Waals surface area contributed by atoms with Gasteiger partial charge in [0.1, 0.15) is 6.29 Å². The monoisotopic (exact) mass is 229 g/mol. The number of hydrogen-bond acceptors (Lipinski definition) is 2. The van der Waals surface area contributed by atoms with E-state index in [9.17, 15) is 4.79 Å². The minimum atomic E-state index is 0.0684. The maximum atomic E-state index is 10.7. The van der Waals surface area contributed by atoms with E-state index in [2.05, 4.69) is 29.6 Å². The van der Waals surface area contributed by atoms with Gasteiger partial charge in [-0.2, -0.15) is 0 Å². The van der Waals surface area contributed by atoms with Gasteiger partial charge in [-0.15, -0.1) is 0 Å². The maximum absolute atomic E-state index is 10.7. The van der Waals surface area contributed by atoms with Crippen molar-refractivity contribution in [2.75, 3.05) is 0 Å². The third kappa shape index (κ3) is 3.82. The molecule has 0 bridgehead atoms. The third-order valence-electron chi connectivity index (χ3n) is 3.21. The summed E-state index contributed by atoms with van der Waals surface area (Å²) in [5.41, 5.74) is 1.23. The van der Waals surface area contributed by atoms with Gasteiger partial charge in [-0.25, -0.2) is 0 Å². The molecule has 2 rings (SSSR count). The molecule has 1 fully saturated rings. The molecule has 0 saturated carbocycles. The Morgan fingerprint density at radius 1 is 1.24 bits per heavy atom. The summed E-state index contributed by atoms with van der Waals surface area (Å²) in [7, 11) is 0. The Labute approximate surface area is 103 Å². The van der Waals surface area contributed by atoms with Crippen LogP contribution in [0.1, 0.15) is 31.2 Å². The highest BCUT2D eigenvalue weighted by atomic mass is 16.1. The van der Waals surface area contributed by atoms with E-state index in [1.165, 1.54) is 12.0 Å². The lowest BCUT2D eigenvalue weighted by Crippen LogP contribution is -2.42. The van der Waals surface area contributed by atoms with Crippen molar-refractivity contribution >= 4 is 12.4 Å². The van der Waals surface area contributed by atoms with Crippen LogP contribution in [0.3, 0.4) is 0 Å². The molecule has 1 N–H and O–H groups in total. The Hall–Kier alpha value is -1.41. The molecule has 2 atom stereocenters. The summed E-state index contributed by atoms with van der Waals surface area (Å²) in [6.45, 7) is 0. The molecular formula is C15H19NO. The fourth-order valence-corrected chi connectivity index (χ4v) is 2.28. The van der Waals surface area contributed by atoms with Gasteiger partial charge in [-0.1, -0.05) is 42.5 Å². The summed E-state index contributed by atoms with van der Waals surface area (Å²) in [6, 6.07) is 10.8. The summed E-state index contributed by atoms with van der Waals surface area (Å²) in [4.78, 5) is 10.7. The molecule has 1 aliphatic heterocycles. The molecule has 1 aliphatic rings. The molecule has 0 spiro atoms. The number of nitrogens with one attached hydrogen (secondary N) is 1. The van der Waals surface area contributed by atoms with E-state index < -0.39 is 0 Å². The van der Waals surface area contributed by atoms with Crippen LogP contribution in [0.5, 0.6) is 0 Å². The number of benzene rings is 1. The Morgan fingerprint density at radius 2 is 2.06 bits per heavy atom. The Balaban J connectivity index is 1.81.